The Morgan fingerprint density at radius 1 is 1.24 bits per heavy atom. The molecule has 0 bridgehead atoms. The van der Waals surface area contributed by atoms with Gasteiger partial charge in [0.05, 0.1) is 11.3 Å². The zero-order chi connectivity index (χ0) is 17.6. The van der Waals surface area contributed by atoms with E-state index in [-0.39, 0.29) is 0 Å². The quantitative estimate of drug-likeness (QED) is 0.888. The second-order valence-corrected chi connectivity index (χ2v) is 7.26. The summed E-state index contributed by atoms with van der Waals surface area (Å²) in [6.45, 7) is 3.15. The number of carbonyl (C=O) groups is 1. The molecule has 2 heterocycles. The third-order valence-corrected chi connectivity index (χ3v) is 5.10. The number of hydrogen-bond acceptors (Lipinski definition) is 5. The number of hydrogen-bond donors (Lipinski definition) is 2. The molecule has 1 saturated heterocycles. The van der Waals surface area contributed by atoms with Gasteiger partial charge in [0.1, 0.15) is 0 Å². The monoisotopic (exact) mass is 338 g/mol. The van der Waals surface area contributed by atoms with Gasteiger partial charge in [0.15, 0.2) is 0 Å². The van der Waals surface area contributed by atoms with E-state index >= 15 is 0 Å². The Hall–Kier alpha value is -2.47. The molecule has 2 aliphatic rings. The fourth-order valence-corrected chi connectivity index (χ4v) is 3.71. The van der Waals surface area contributed by atoms with Gasteiger partial charge in [0, 0.05) is 35.5 Å². The standard InChI is InChI=1S/C19H22N4O2/c1-19(25)9-10-23(11-19)18-21-15-4-2-3-14(15)16(22-18)12-5-7-13(8-6-12)17(20)24/h5-8,25H,2-4,9-11H2,1H3,(H2,20,24)/t19-/m1/s1. The molecule has 1 aliphatic heterocycles. The lowest BCUT2D eigenvalue weighted by Gasteiger charge is -2.20. The molecule has 0 spiro atoms. The van der Waals surface area contributed by atoms with Crippen LogP contribution in [0.5, 0.6) is 0 Å². The van der Waals surface area contributed by atoms with E-state index in [1.54, 1.807) is 12.1 Å². The van der Waals surface area contributed by atoms with Crippen molar-refractivity contribution in [1.29, 1.82) is 0 Å². The van der Waals surface area contributed by atoms with E-state index in [4.69, 9.17) is 15.7 Å². The third kappa shape index (κ3) is 2.98. The van der Waals surface area contributed by atoms with Crippen molar-refractivity contribution in [2.24, 2.45) is 5.73 Å². The zero-order valence-electron chi connectivity index (χ0n) is 14.3. The maximum Gasteiger partial charge on any atom is 0.248 e. The van der Waals surface area contributed by atoms with Crippen LogP contribution in [0.2, 0.25) is 0 Å². The maximum atomic E-state index is 11.3. The molecule has 1 fully saturated rings. The molecule has 1 amide bonds. The zero-order valence-corrected chi connectivity index (χ0v) is 14.3. The first-order valence-corrected chi connectivity index (χ1v) is 8.70. The highest BCUT2D eigenvalue weighted by atomic mass is 16.3. The number of primary amides is 1. The summed E-state index contributed by atoms with van der Waals surface area (Å²) in [5.74, 6) is 0.256. The predicted octanol–water partition coefficient (Wildman–Crippen LogP) is 1.69. The molecule has 3 N–H and O–H groups in total. The third-order valence-electron chi connectivity index (χ3n) is 5.10. The lowest BCUT2D eigenvalue weighted by Crippen LogP contribution is -2.30. The van der Waals surface area contributed by atoms with Gasteiger partial charge >= 0.3 is 0 Å². The second-order valence-electron chi connectivity index (χ2n) is 7.26. The van der Waals surface area contributed by atoms with Gasteiger partial charge in [-0.1, -0.05) is 12.1 Å². The first-order chi connectivity index (χ1) is 11.9. The van der Waals surface area contributed by atoms with Gasteiger partial charge in [-0.15, -0.1) is 0 Å². The van der Waals surface area contributed by atoms with Crippen LogP contribution in [0.25, 0.3) is 11.3 Å². The number of nitrogens with zero attached hydrogens (tertiary/aromatic N) is 3. The molecule has 1 aromatic carbocycles. The number of rotatable bonds is 3. The van der Waals surface area contributed by atoms with E-state index in [9.17, 15) is 9.90 Å². The highest BCUT2D eigenvalue weighted by molar-refractivity contribution is 5.93. The Balaban J connectivity index is 1.75. The SMILES string of the molecule is C[C@@]1(O)CCN(c2nc3c(c(-c4ccc(C(N)=O)cc4)n2)CCC3)C1. The first-order valence-electron chi connectivity index (χ1n) is 8.70. The molecular formula is C19H22N4O2. The summed E-state index contributed by atoms with van der Waals surface area (Å²) < 4.78 is 0. The number of aliphatic hydroxyl groups is 1. The minimum atomic E-state index is -0.689. The van der Waals surface area contributed by atoms with Crippen molar-refractivity contribution in [1.82, 2.24) is 9.97 Å². The Morgan fingerprint density at radius 2 is 2.00 bits per heavy atom. The number of β-amino-alcohol motifs (C(OH)–C–C–N with tert-alkyl or cyclic N) is 1. The van der Waals surface area contributed by atoms with Crippen LogP contribution in [0.3, 0.4) is 0 Å². The van der Waals surface area contributed by atoms with Crippen LogP contribution < -0.4 is 10.6 Å². The number of amides is 1. The fourth-order valence-electron chi connectivity index (χ4n) is 3.71. The van der Waals surface area contributed by atoms with Gasteiger partial charge in [-0.3, -0.25) is 4.79 Å². The molecule has 1 aromatic heterocycles. The van der Waals surface area contributed by atoms with Crippen LogP contribution in [-0.4, -0.2) is 39.7 Å². The maximum absolute atomic E-state index is 11.3. The Labute approximate surface area is 146 Å². The van der Waals surface area contributed by atoms with E-state index in [1.807, 2.05) is 19.1 Å². The number of anilines is 1. The molecule has 4 rings (SSSR count). The Bertz CT molecular complexity index is 830. The van der Waals surface area contributed by atoms with Crippen molar-refractivity contribution >= 4 is 11.9 Å². The highest BCUT2D eigenvalue weighted by Gasteiger charge is 2.33. The molecular weight excluding hydrogens is 316 g/mol. The summed E-state index contributed by atoms with van der Waals surface area (Å²) in [5, 5.41) is 10.2. The lowest BCUT2D eigenvalue weighted by atomic mass is 10.0. The van der Waals surface area contributed by atoms with Gasteiger partial charge in [0.25, 0.3) is 0 Å². The van der Waals surface area contributed by atoms with Gasteiger partial charge in [-0.05, 0) is 44.7 Å². The fraction of sp³-hybridized carbons (Fsp3) is 0.421. The van der Waals surface area contributed by atoms with Gasteiger partial charge < -0.3 is 15.7 Å². The summed E-state index contributed by atoms with van der Waals surface area (Å²) in [6.07, 6.45) is 3.73. The van der Waals surface area contributed by atoms with Crippen molar-refractivity contribution in [3.05, 3.63) is 41.1 Å². The first kappa shape index (κ1) is 16.0. The molecule has 2 aromatic rings. The van der Waals surface area contributed by atoms with Crippen LogP contribution in [0.15, 0.2) is 24.3 Å². The summed E-state index contributed by atoms with van der Waals surface area (Å²) >= 11 is 0. The van der Waals surface area contributed by atoms with E-state index in [0.29, 0.717) is 18.1 Å². The largest absolute Gasteiger partial charge is 0.388 e. The van der Waals surface area contributed by atoms with Crippen molar-refractivity contribution in [2.45, 2.75) is 38.2 Å². The van der Waals surface area contributed by atoms with E-state index < -0.39 is 11.5 Å². The Kier molecular flexibility index (Phi) is 3.72. The lowest BCUT2D eigenvalue weighted by molar-refractivity contribution is 0.0838. The summed E-state index contributed by atoms with van der Waals surface area (Å²) in [4.78, 5) is 22.9. The van der Waals surface area contributed by atoms with E-state index in [0.717, 1.165) is 49.2 Å². The smallest absolute Gasteiger partial charge is 0.248 e. The second kappa shape index (κ2) is 5.81. The van der Waals surface area contributed by atoms with Crippen LogP contribution in [0.1, 0.15) is 41.4 Å². The molecule has 1 atom stereocenters. The van der Waals surface area contributed by atoms with Crippen molar-refractivity contribution in [3.63, 3.8) is 0 Å². The Morgan fingerprint density at radius 3 is 2.64 bits per heavy atom. The average Bonchev–Trinajstić information content (AvgIpc) is 3.19. The summed E-state index contributed by atoms with van der Waals surface area (Å²) in [7, 11) is 0. The molecule has 6 nitrogen and oxygen atoms in total. The van der Waals surface area contributed by atoms with Gasteiger partial charge in [-0.25, -0.2) is 9.97 Å². The number of aryl methyl sites for hydroxylation is 1. The number of benzene rings is 1. The van der Waals surface area contributed by atoms with Crippen molar-refractivity contribution in [2.75, 3.05) is 18.0 Å². The molecule has 1 aliphatic carbocycles. The molecule has 0 radical (unpaired) electrons. The van der Waals surface area contributed by atoms with Crippen LogP contribution >= 0.6 is 0 Å². The van der Waals surface area contributed by atoms with E-state index in [2.05, 4.69) is 4.90 Å². The van der Waals surface area contributed by atoms with Crippen LogP contribution in [-0.2, 0) is 12.8 Å². The normalized spacial score (nSPS) is 22.2. The highest BCUT2D eigenvalue weighted by Crippen LogP contribution is 2.33. The molecule has 130 valence electrons. The van der Waals surface area contributed by atoms with Crippen LogP contribution in [0.4, 0.5) is 5.95 Å². The molecule has 25 heavy (non-hydrogen) atoms. The topological polar surface area (TPSA) is 92.3 Å². The number of fused-ring (bicyclic) bond motifs is 1. The summed E-state index contributed by atoms with van der Waals surface area (Å²) in [6, 6.07) is 7.26. The number of carbonyl (C=O) groups excluding carboxylic acids is 1. The van der Waals surface area contributed by atoms with Crippen molar-refractivity contribution < 1.29 is 9.90 Å². The van der Waals surface area contributed by atoms with E-state index in [1.165, 1.54) is 5.56 Å². The number of aromatic nitrogens is 2. The van der Waals surface area contributed by atoms with Crippen molar-refractivity contribution in [3.8, 4) is 11.3 Å². The predicted molar refractivity (Wildman–Crippen MR) is 95.5 cm³/mol. The van der Waals surface area contributed by atoms with Gasteiger partial charge in [-0.2, -0.15) is 0 Å². The van der Waals surface area contributed by atoms with Crippen LogP contribution in [0, 0.1) is 0 Å². The molecule has 0 unspecified atom stereocenters. The van der Waals surface area contributed by atoms with Gasteiger partial charge in [0.2, 0.25) is 11.9 Å². The molecule has 6 heteroatoms. The molecule has 0 saturated carbocycles. The minimum absolute atomic E-state index is 0.431. The summed E-state index contributed by atoms with van der Waals surface area (Å²) in [5.41, 5.74) is 9.33. The number of nitrogens with two attached hydrogens (primary N) is 1. The minimum Gasteiger partial charge on any atom is -0.388 e. The average molecular weight is 338 g/mol.